The lowest BCUT2D eigenvalue weighted by molar-refractivity contribution is 0.383. The van der Waals surface area contributed by atoms with Crippen molar-refractivity contribution in [3.8, 4) is 11.5 Å². The molecule has 0 aromatic carbocycles. The predicted molar refractivity (Wildman–Crippen MR) is 68.9 cm³/mol. The Hall–Kier alpha value is -1.75. The van der Waals surface area contributed by atoms with Crippen molar-refractivity contribution in [1.82, 2.24) is 20.5 Å². The highest BCUT2D eigenvalue weighted by atomic mass is 16.4. The van der Waals surface area contributed by atoms with E-state index in [2.05, 4.69) is 41.3 Å². The van der Waals surface area contributed by atoms with Crippen LogP contribution in [0.2, 0.25) is 0 Å². The lowest BCUT2D eigenvalue weighted by atomic mass is 10.1. The van der Waals surface area contributed by atoms with Crippen LogP contribution in [0.15, 0.2) is 22.9 Å². The molecule has 2 rings (SSSR count). The summed E-state index contributed by atoms with van der Waals surface area (Å²) in [5.41, 5.74) is 1.95. The van der Waals surface area contributed by atoms with E-state index in [1.165, 1.54) is 0 Å². The summed E-state index contributed by atoms with van der Waals surface area (Å²) >= 11 is 0. The van der Waals surface area contributed by atoms with E-state index in [1.54, 1.807) is 12.4 Å². The van der Waals surface area contributed by atoms with Crippen molar-refractivity contribution >= 4 is 0 Å². The first-order valence-corrected chi connectivity index (χ1v) is 5.93. The second-order valence-electron chi connectivity index (χ2n) is 5.36. The number of nitrogens with zero attached hydrogens (tertiary/aromatic N) is 3. The minimum atomic E-state index is 0.0273. The number of hydrogen-bond acceptors (Lipinski definition) is 5. The van der Waals surface area contributed by atoms with Crippen LogP contribution in [0.3, 0.4) is 0 Å². The fourth-order valence-corrected chi connectivity index (χ4v) is 1.45. The summed E-state index contributed by atoms with van der Waals surface area (Å²) in [6, 6.07) is 1.97. The van der Waals surface area contributed by atoms with Gasteiger partial charge >= 0.3 is 0 Å². The number of aryl methyl sites for hydroxylation is 1. The Labute approximate surface area is 107 Å². The summed E-state index contributed by atoms with van der Waals surface area (Å²) < 4.78 is 5.60. The van der Waals surface area contributed by atoms with Crippen LogP contribution < -0.4 is 5.32 Å². The molecular formula is C13H18N4O. The van der Waals surface area contributed by atoms with E-state index < -0.39 is 0 Å². The molecule has 18 heavy (non-hydrogen) atoms. The van der Waals surface area contributed by atoms with Crippen LogP contribution in [0.5, 0.6) is 0 Å². The van der Waals surface area contributed by atoms with Gasteiger partial charge in [0.2, 0.25) is 11.8 Å². The molecular weight excluding hydrogens is 228 g/mol. The standard InChI is InChI=1S/C13H18N4O/c1-9-5-10(7-14-6-9)12-17-16-11(18-12)8-15-13(2,3)4/h5-7,15H,8H2,1-4H3. The van der Waals surface area contributed by atoms with Crippen molar-refractivity contribution in [3.63, 3.8) is 0 Å². The molecule has 0 radical (unpaired) electrons. The number of hydrogen-bond donors (Lipinski definition) is 1. The summed E-state index contributed by atoms with van der Waals surface area (Å²) in [7, 11) is 0. The van der Waals surface area contributed by atoms with Gasteiger partial charge in [0.25, 0.3) is 0 Å². The zero-order valence-electron chi connectivity index (χ0n) is 11.2. The maximum absolute atomic E-state index is 5.60. The monoisotopic (exact) mass is 246 g/mol. The Morgan fingerprint density at radius 3 is 2.67 bits per heavy atom. The van der Waals surface area contributed by atoms with Crippen LogP contribution in [0.4, 0.5) is 0 Å². The zero-order valence-corrected chi connectivity index (χ0v) is 11.2. The largest absolute Gasteiger partial charge is 0.419 e. The maximum Gasteiger partial charge on any atom is 0.249 e. The van der Waals surface area contributed by atoms with E-state index in [1.807, 2.05) is 13.0 Å². The average molecular weight is 246 g/mol. The molecule has 2 aromatic heterocycles. The molecule has 0 unspecified atom stereocenters. The Morgan fingerprint density at radius 2 is 2.00 bits per heavy atom. The van der Waals surface area contributed by atoms with Gasteiger partial charge in [-0.25, -0.2) is 0 Å². The fraction of sp³-hybridized carbons (Fsp3) is 0.462. The molecule has 5 heteroatoms. The van der Waals surface area contributed by atoms with E-state index in [4.69, 9.17) is 4.42 Å². The minimum Gasteiger partial charge on any atom is -0.419 e. The van der Waals surface area contributed by atoms with E-state index in [0.717, 1.165) is 11.1 Å². The van der Waals surface area contributed by atoms with Crippen LogP contribution >= 0.6 is 0 Å². The van der Waals surface area contributed by atoms with Crippen molar-refractivity contribution in [2.45, 2.75) is 39.8 Å². The van der Waals surface area contributed by atoms with Gasteiger partial charge in [-0.05, 0) is 39.3 Å². The van der Waals surface area contributed by atoms with Crippen molar-refractivity contribution in [1.29, 1.82) is 0 Å². The smallest absolute Gasteiger partial charge is 0.249 e. The van der Waals surface area contributed by atoms with Crippen LogP contribution in [0.25, 0.3) is 11.5 Å². The van der Waals surface area contributed by atoms with Gasteiger partial charge in [-0.15, -0.1) is 10.2 Å². The molecule has 0 aliphatic carbocycles. The highest BCUT2D eigenvalue weighted by molar-refractivity contribution is 5.51. The van der Waals surface area contributed by atoms with Gasteiger partial charge in [-0.2, -0.15) is 0 Å². The Balaban J connectivity index is 2.11. The molecule has 0 fully saturated rings. The summed E-state index contributed by atoms with van der Waals surface area (Å²) in [6.45, 7) is 8.82. The summed E-state index contributed by atoms with van der Waals surface area (Å²) in [5.74, 6) is 1.10. The van der Waals surface area contributed by atoms with Gasteiger partial charge in [-0.1, -0.05) is 0 Å². The molecule has 2 aromatic rings. The van der Waals surface area contributed by atoms with Gasteiger partial charge in [-0.3, -0.25) is 4.98 Å². The van der Waals surface area contributed by atoms with E-state index in [-0.39, 0.29) is 5.54 Å². The first-order chi connectivity index (χ1) is 8.44. The third kappa shape index (κ3) is 3.37. The lowest BCUT2D eigenvalue weighted by Gasteiger charge is -2.18. The van der Waals surface area contributed by atoms with Crippen LogP contribution in [-0.2, 0) is 6.54 Å². The molecule has 1 N–H and O–H groups in total. The molecule has 0 atom stereocenters. The highest BCUT2D eigenvalue weighted by Gasteiger charge is 2.13. The summed E-state index contributed by atoms with van der Waals surface area (Å²) in [4.78, 5) is 4.11. The fourth-order valence-electron chi connectivity index (χ4n) is 1.45. The molecule has 0 aliphatic rings. The molecule has 0 aliphatic heterocycles. The van der Waals surface area contributed by atoms with Crippen LogP contribution in [0, 0.1) is 6.92 Å². The van der Waals surface area contributed by atoms with E-state index in [0.29, 0.717) is 18.3 Å². The molecule has 0 saturated carbocycles. The normalized spacial score (nSPS) is 11.8. The number of nitrogens with one attached hydrogen (secondary N) is 1. The third-order valence-electron chi connectivity index (χ3n) is 2.36. The predicted octanol–water partition coefficient (Wildman–Crippen LogP) is 2.33. The van der Waals surface area contributed by atoms with Gasteiger partial charge in [0.1, 0.15) is 0 Å². The SMILES string of the molecule is Cc1cncc(-c2nnc(CNC(C)(C)C)o2)c1. The van der Waals surface area contributed by atoms with Gasteiger partial charge in [0, 0.05) is 17.9 Å². The van der Waals surface area contributed by atoms with E-state index in [9.17, 15) is 0 Å². The first kappa shape index (κ1) is 12.7. The molecule has 0 saturated heterocycles. The van der Waals surface area contributed by atoms with Gasteiger partial charge in [0.15, 0.2) is 0 Å². The maximum atomic E-state index is 5.60. The molecule has 0 amide bonds. The second kappa shape index (κ2) is 4.86. The lowest BCUT2D eigenvalue weighted by Crippen LogP contribution is -2.35. The quantitative estimate of drug-likeness (QED) is 0.900. The average Bonchev–Trinajstić information content (AvgIpc) is 2.74. The topological polar surface area (TPSA) is 63.8 Å². The first-order valence-electron chi connectivity index (χ1n) is 5.93. The Kier molecular flexibility index (Phi) is 3.43. The number of rotatable bonds is 3. The third-order valence-corrected chi connectivity index (χ3v) is 2.36. The molecule has 0 spiro atoms. The second-order valence-corrected chi connectivity index (χ2v) is 5.36. The number of aromatic nitrogens is 3. The minimum absolute atomic E-state index is 0.0273. The van der Waals surface area contributed by atoms with Crippen LogP contribution in [-0.4, -0.2) is 20.7 Å². The van der Waals surface area contributed by atoms with E-state index >= 15 is 0 Å². The van der Waals surface area contributed by atoms with Crippen molar-refractivity contribution in [2.75, 3.05) is 0 Å². The van der Waals surface area contributed by atoms with Crippen molar-refractivity contribution in [3.05, 3.63) is 29.9 Å². The number of pyridine rings is 1. The molecule has 2 heterocycles. The van der Waals surface area contributed by atoms with Gasteiger partial charge in [0.05, 0.1) is 12.1 Å². The van der Waals surface area contributed by atoms with Gasteiger partial charge < -0.3 is 9.73 Å². The molecule has 0 bridgehead atoms. The van der Waals surface area contributed by atoms with Crippen molar-refractivity contribution in [2.24, 2.45) is 0 Å². The summed E-state index contributed by atoms with van der Waals surface area (Å²) in [6.07, 6.45) is 3.52. The molecule has 96 valence electrons. The van der Waals surface area contributed by atoms with Crippen LogP contribution in [0.1, 0.15) is 32.2 Å². The Morgan fingerprint density at radius 1 is 1.22 bits per heavy atom. The Bertz CT molecular complexity index is 528. The molecule has 5 nitrogen and oxygen atoms in total. The zero-order chi connectivity index (χ0) is 13.2. The summed E-state index contributed by atoms with van der Waals surface area (Å²) in [5, 5.41) is 11.4. The highest BCUT2D eigenvalue weighted by Crippen LogP contribution is 2.17. The van der Waals surface area contributed by atoms with Crippen molar-refractivity contribution < 1.29 is 4.42 Å².